The van der Waals surface area contributed by atoms with E-state index in [9.17, 15) is 23.1 Å². The number of hydrogen-bond acceptors (Lipinski definition) is 6. The van der Waals surface area contributed by atoms with Gasteiger partial charge >= 0.3 is 5.97 Å². The van der Waals surface area contributed by atoms with Crippen LogP contribution in [-0.2, 0) is 21.2 Å². The van der Waals surface area contributed by atoms with Crippen molar-refractivity contribution in [3.8, 4) is 11.1 Å². The number of aryl methyl sites for hydroxylation is 1. The van der Waals surface area contributed by atoms with Crippen molar-refractivity contribution in [3.05, 3.63) is 59.2 Å². The van der Waals surface area contributed by atoms with E-state index in [1.807, 2.05) is 43.3 Å². The van der Waals surface area contributed by atoms with Gasteiger partial charge in [-0.1, -0.05) is 83.2 Å². The Morgan fingerprint density at radius 2 is 1.74 bits per heavy atom. The summed E-state index contributed by atoms with van der Waals surface area (Å²) in [5, 5.41) is 17.0. The summed E-state index contributed by atoms with van der Waals surface area (Å²) in [6, 6.07) is 12.3. The molecule has 2 N–H and O–H groups in total. The molecule has 1 atom stereocenters. The Hall–Kier alpha value is -2.75. The largest absolute Gasteiger partial charge is 0.480 e. The van der Waals surface area contributed by atoms with E-state index < -0.39 is 27.8 Å². The van der Waals surface area contributed by atoms with E-state index in [1.165, 1.54) is 38.5 Å². The zero-order chi connectivity index (χ0) is 30.7. The summed E-state index contributed by atoms with van der Waals surface area (Å²) in [6.07, 6.45) is 10.9. The standard InChI is InChI=1S/C33H49N3O5S.CH4/c1-5-6-20-35(3)36(21-18-26-13-8-7-9-14-26)24-27-16-17-29(30(23-27)28-15-11-10-12-25(28)2)32(37)34-31(33(38)39)19-22-42(4,40)41;/h10-12,15-17,23,26,31H,5-9,13-14,18-22,24H2,1-4H3,(H,34,37)(H,38,39);1H4/t31-;/m0./s1. The summed E-state index contributed by atoms with van der Waals surface area (Å²) >= 11 is 0. The Morgan fingerprint density at radius 1 is 1.05 bits per heavy atom. The number of sulfone groups is 1. The van der Waals surface area contributed by atoms with Crippen LogP contribution < -0.4 is 5.32 Å². The molecule has 0 heterocycles. The summed E-state index contributed by atoms with van der Waals surface area (Å²) in [4.78, 5) is 25.3. The van der Waals surface area contributed by atoms with Crippen LogP contribution in [0.15, 0.2) is 42.5 Å². The number of benzene rings is 2. The lowest BCUT2D eigenvalue weighted by Gasteiger charge is -2.34. The van der Waals surface area contributed by atoms with Crippen LogP contribution in [0.1, 0.15) is 93.6 Å². The number of hydrazine groups is 1. The van der Waals surface area contributed by atoms with Gasteiger partial charge in [0.15, 0.2) is 0 Å². The molecule has 2 aromatic carbocycles. The van der Waals surface area contributed by atoms with Crippen LogP contribution in [0, 0.1) is 12.8 Å². The number of hydrogen-bond donors (Lipinski definition) is 2. The van der Waals surface area contributed by atoms with Crippen molar-refractivity contribution in [1.29, 1.82) is 0 Å². The van der Waals surface area contributed by atoms with Crippen LogP contribution in [0.4, 0.5) is 0 Å². The highest BCUT2D eigenvalue weighted by Crippen LogP contribution is 2.30. The fraction of sp³-hybridized carbons (Fsp3) is 0.588. The SMILES string of the molecule is C.CCCCN(C)N(CCC1CCCCC1)Cc1ccc(C(=O)N[C@@H](CCS(C)(=O)=O)C(=O)O)c(-c2ccccc2C)c1. The molecule has 0 spiro atoms. The molecule has 0 bridgehead atoms. The molecule has 43 heavy (non-hydrogen) atoms. The molecule has 0 unspecified atom stereocenters. The zero-order valence-corrected chi connectivity index (χ0v) is 26.6. The van der Waals surface area contributed by atoms with Crippen LogP contribution in [0.2, 0.25) is 0 Å². The van der Waals surface area contributed by atoms with E-state index in [2.05, 4.69) is 29.3 Å². The van der Waals surface area contributed by atoms with Gasteiger partial charge in [0, 0.05) is 38.5 Å². The lowest BCUT2D eigenvalue weighted by molar-refractivity contribution is -0.139. The van der Waals surface area contributed by atoms with Crippen LogP contribution in [0.25, 0.3) is 11.1 Å². The highest BCUT2D eigenvalue weighted by atomic mass is 32.2. The van der Waals surface area contributed by atoms with Gasteiger partial charge in [-0.05, 0) is 66.5 Å². The van der Waals surface area contributed by atoms with Gasteiger partial charge in [-0.25, -0.2) is 23.2 Å². The smallest absolute Gasteiger partial charge is 0.326 e. The Labute approximate surface area is 259 Å². The van der Waals surface area contributed by atoms with Crippen LogP contribution >= 0.6 is 0 Å². The monoisotopic (exact) mass is 615 g/mol. The molecule has 2 aromatic rings. The van der Waals surface area contributed by atoms with Gasteiger partial charge in [-0.2, -0.15) is 0 Å². The number of carbonyl (C=O) groups is 2. The molecular formula is C34H53N3O5S. The molecule has 1 amide bonds. The average Bonchev–Trinajstić information content (AvgIpc) is 2.96. The predicted octanol–water partition coefficient (Wildman–Crippen LogP) is 6.34. The molecule has 3 rings (SSSR count). The number of carboxylic acids is 1. The van der Waals surface area contributed by atoms with E-state index in [-0.39, 0.29) is 19.6 Å². The van der Waals surface area contributed by atoms with Crippen molar-refractivity contribution in [3.63, 3.8) is 0 Å². The maximum Gasteiger partial charge on any atom is 0.326 e. The van der Waals surface area contributed by atoms with Crippen molar-refractivity contribution in [1.82, 2.24) is 15.3 Å². The second-order valence-corrected chi connectivity index (χ2v) is 14.2. The Bertz CT molecular complexity index is 1290. The van der Waals surface area contributed by atoms with Gasteiger partial charge in [0.25, 0.3) is 5.91 Å². The summed E-state index contributed by atoms with van der Waals surface area (Å²) in [5.74, 6) is -1.34. The number of carboxylic acid groups (broad SMARTS) is 1. The lowest BCUT2D eigenvalue weighted by Crippen LogP contribution is -2.42. The fourth-order valence-corrected chi connectivity index (χ4v) is 6.39. The van der Waals surface area contributed by atoms with Crippen molar-refractivity contribution in [2.75, 3.05) is 32.1 Å². The molecule has 240 valence electrons. The second-order valence-electron chi connectivity index (χ2n) is 11.9. The quantitative estimate of drug-likeness (QED) is 0.212. The maximum atomic E-state index is 13.5. The number of carbonyl (C=O) groups excluding carboxylic acids is 1. The molecule has 0 saturated heterocycles. The fourth-order valence-electron chi connectivity index (χ4n) is 5.73. The molecule has 9 heteroatoms. The van der Waals surface area contributed by atoms with Gasteiger partial charge in [0.05, 0.1) is 5.75 Å². The summed E-state index contributed by atoms with van der Waals surface area (Å²) in [7, 11) is -1.22. The lowest BCUT2D eigenvalue weighted by atomic mass is 9.87. The third-order valence-corrected chi connectivity index (χ3v) is 9.33. The van der Waals surface area contributed by atoms with Crippen molar-refractivity contribution >= 4 is 21.7 Å². The normalized spacial score (nSPS) is 14.8. The molecule has 1 aliphatic carbocycles. The first kappa shape index (κ1) is 36.4. The first-order chi connectivity index (χ1) is 20.0. The van der Waals surface area contributed by atoms with Gasteiger partial charge in [-0.3, -0.25) is 4.79 Å². The Balaban J connectivity index is 0.00000645. The highest BCUT2D eigenvalue weighted by molar-refractivity contribution is 7.90. The number of aliphatic carboxylic acids is 1. The topological polar surface area (TPSA) is 107 Å². The number of nitrogens with one attached hydrogen (secondary N) is 1. The predicted molar refractivity (Wildman–Crippen MR) is 176 cm³/mol. The van der Waals surface area contributed by atoms with Gasteiger partial charge in [0.2, 0.25) is 0 Å². The van der Waals surface area contributed by atoms with Crippen molar-refractivity contribution in [2.45, 2.75) is 91.6 Å². The number of rotatable bonds is 16. The zero-order valence-electron chi connectivity index (χ0n) is 25.8. The van der Waals surface area contributed by atoms with E-state index in [1.54, 1.807) is 6.07 Å². The molecule has 0 aromatic heterocycles. The van der Waals surface area contributed by atoms with Crippen molar-refractivity contribution < 1.29 is 23.1 Å². The van der Waals surface area contributed by atoms with Gasteiger partial charge < -0.3 is 10.4 Å². The summed E-state index contributed by atoms with van der Waals surface area (Å²) in [6.45, 7) is 6.86. The molecule has 8 nitrogen and oxygen atoms in total. The summed E-state index contributed by atoms with van der Waals surface area (Å²) in [5.41, 5.74) is 4.08. The molecule has 0 radical (unpaired) electrons. The van der Waals surface area contributed by atoms with Crippen LogP contribution in [0.5, 0.6) is 0 Å². The Morgan fingerprint density at radius 3 is 2.37 bits per heavy atom. The van der Waals surface area contributed by atoms with E-state index in [0.29, 0.717) is 12.1 Å². The minimum atomic E-state index is -3.38. The minimum Gasteiger partial charge on any atom is -0.480 e. The number of unbranched alkanes of at least 4 members (excludes halogenated alkanes) is 1. The molecule has 0 aliphatic heterocycles. The van der Waals surface area contributed by atoms with E-state index in [4.69, 9.17) is 0 Å². The molecular weight excluding hydrogens is 562 g/mol. The van der Waals surface area contributed by atoms with E-state index in [0.717, 1.165) is 60.4 Å². The number of amides is 1. The second kappa shape index (κ2) is 17.5. The minimum absolute atomic E-state index is 0. The average molecular weight is 616 g/mol. The molecule has 1 aliphatic rings. The molecule has 1 fully saturated rings. The van der Waals surface area contributed by atoms with Crippen molar-refractivity contribution in [2.24, 2.45) is 5.92 Å². The van der Waals surface area contributed by atoms with Gasteiger partial charge in [-0.15, -0.1) is 0 Å². The van der Waals surface area contributed by atoms with Crippen LogP contribution in [0.3, 0.4) is 0 Å². The van der Waals surface area contributed by atoms with Gasteiger partial charge in [0.1, 0.15) is 15.9 Å². The van der Waals surface area contributed by atoms with E-state index >= 15 is 0 Å². The summed E-state index contributed by atoms with van der Waals surface area (Å²) < 4.78 is 23.3. The Kier molecular flexibility index (Phi) is 14.8. The maximum absolute atomic E-state index is 13.5. The van der Waals surface area contributed by atoms with Crippen LogP contribution in [-0.4, -0.2) is 73.6 Å². The first-order valence-electron chi connectivity index (χ1n) is 15.3. The first-order valence-corrected chi connectivity index (χ1v) is 17.4. The third kappa shape index (κ3) is 11.7. The third-order valence-electron chi connectivity index (χ3n) is 8.35. The number of nitrogens with zero attached hydrogens (tertiary/aromatic N) is 2. The highest BCUT2D eigenvalue weighted by Gasteiger charge is 2.25. The molecule has 1 saturated carbocycles.